The Hall–Kier alpha value is -2.21. The number of aliphatic hydroxyl groups is 1. The number of β-amino-alcohol motifs (C(OH)–C–C–N with tert-alkyl or cyclic N) is 1. The summed E-state index contributed by atoms with van der Waals surface area (Å²) in [5.41, 5.74) is 3.10. The first kappa shape index (κ1) is 21.5. The third-order valence-electron chi connectivity index (χ3n) is 5.37. The summed E-state index contributed by atoms with van der Waals surface area (Å²) in [6.07, 6.45) is -0.524. The molecule has 0 aromatic heterocycles. The number of rotatable bonds is 8. The maximum Gasteiger partial charge on any atom is 0.253 e. The summed E-state index contributed by atoms with van der Waals surface area (Å²) >= 11 is 0. The Bertz CT molecular complexity index is 753. The molecule has 1 heterocycles. The molecule has 1 unspecified atom stereocenters. The second kappa shape index (κ2) is 10.5. The van der Waals surface area contributed by atoms with Crippen LogP contribution < -0.4 is 0 Å². The van der Waals surface area contributed by atoms with E-state index in [9.17, 15) is 9.90 Å². The first-order valence-electron chi connectivity index (χ1n) is 10.4. The van der Waals surface area contributed by atoms with Crippen molar-refractivity contribution in [3.8, 4) is 0 Å². The van der Waals surface area contributed by atoms with Crippen molar-refractivity contribution < 1.29 is 14.6 Å². The molecule has 5 nitrogen and oxygen atoms in total. The predicted molar refractivity (Wildman–Crippen MR) is 115 cm³/mol. The van der Waals surface area contributed by atoms with Gasteiger partial charge in [-0.1, -0.05) is 56.3 Å². The fourth-order valence-corrected chi connectivity index (χ4v) is 3.56. The lowest BCUT2D eigenvalue weighted by Gasteiger charge is -2.35. The molecule has 1 fully saturated rings. The third kappa shape index (κ3) is 6.39. The lowest BCUT2D eigenvalue weighted by atomic mass is 10.0. The number of ether oxygens (including phenoxy) is 1. The first-order valence-corrected chi connectivity index (χ1v) is 10.4. The van der Waals surface area contributed by atoms with Crippen molar-refractivity contribution in [1.29, 1.82) is 0 Å². The monoisotopic (exact) mass is 396 g/mol. The number of nitrogens with zero attached hydrogens (tertiary/aromatic N) is 2. The summed E-state index contributed by atoms with van der Waals surface area (Å²) < 4.78 is 5.63. The van der Waals surface area contributed by atoms with Gasteiger partial charge in [0.1, 0.15) is 0 Å². The highest BCUT2D eigenvalue weighted by molar-refractivity contribution is 5.94. The van der Waals surface area contributed by atoms with Gasteiger partial charge in [-0.25, -0.2) is 0 Å². The lowest BCUT2D eigenvalue weighted by Crippen LogP contribution is -2.50. The van der Waals surface area contributed by atoms with Crippen LogP contribution in [0.2, 0.25) is 0 Å². The van der Waals surface area contributed by atoms with E-state index in [4.69, 9.17) is 4.74 Å². The molecule has 0 saturated carbocycles. The zero-order chi connectivity index (χ0) is 20.6. The highest BCUT2D eigenvalue weighted by atomic mass is 16.5. The molecule has 156 valence electrons. The molecule has 1 atom stereocenters. The van der Waals surface area contributed by atoms with E-state index >= 15 is 0 Å². The van der Waals surface area contributed by atoms with E-state index in [1.165, 1.54) is 5.56 Å². The topological polar surface area (TPSA) is 53.0 Å². The third-order valence-corrected chi connectivity index (χ3v) is 5.37. The molecule has 1 aliphatic heterocycles. The van der Waals surface area contributed by atoms with E-state index in [1.807, 2.05) is 59.5 Å². The van der Waals surface area contributed by atoms with E-state index in [-0.39, 0.29) is 5.91 Å². The van der Waals surface area contributed by atoms with Gasteiger partial charge in [-0.2, -0.15) is 0 Å². The molecular weight excluding hydrogens is 364 g/mol. The molecule has 29 heavy (non-hydrogen) atoms. The summed E-state index contributed by atoms with van der Waals surface area (Å²) in [4.78, 5) is 16.8. The van der Waals surface area contributed by atoms with Crippen molar-refractivity contribution in [3.05, 3.63) is 71.3 Å². The minimum Gasteiger partial charge on any atom is -0.389 e. The normalized spacial score (nSPS) is 16.2. The summed E-state index contributed by atoms with van der Waals surface area (Å²) in [5, 5.41) is 10.3. The van der Waals surface area contributed by atoms with Crippen molar-refractivity contribution in [2.24, 2.45) is 0 Å². The van der Waals surface area contributed by atoms with Crippen LogP contribution in [0.15, 0.2) is 54.6 Å². The molecule has 1 N–H and O–H groups in total. The van der Waals surface area contributed by atoms with Gasteiger partial charge < -0.3 is 14.7 Å². The maximum absolute atomic E-state index is 12.7. The van der Waals surface area contributed by atoms with Gasteiger partial charge in [0.05, 0.1) is 19.3 Å². The second-order valence-corrected chi connectivity index (χ2v) is 8.02. The number of aliphatic hydroxyl groups excluding tert-OH is 1. The average Bonchev–Trinajstić information content (AvgIpc) is 2.74. The minimum absolute atomic E-state index is 0.0895. The van der Waals surface area contributed by atoms with E-state index in [0.717, 1.165) is 24.2 Å². The molecule has 0 bridgehead atoms. The van der Waals surface area contributed by atoms with Gasteiger partial charge in [0.25, 0.3) is 5.91 Å². The van der Waals surface area contributed by atoms with Gasteiger partial charge in [0.2, 0.25) is 0 Å². The summed E-state index contributed by atoms with van der Waals surface area (Å²) in [5.74, 6) is 0.553. The Morgan fingerprint density at radius 3 is 2.28 bits per heavy atom. The summed E-state index contributed by atoms with van der Waals surface area (Å²) in [6.45, 7) is 8.60. The van der Waals surface area contributed by atoms with Crippen molar-refractivity contribution in [2.45, 2.75) is 32.5 Å². The van der Waals surface area contributed by atoms with Crippen LogP contribution in [0.4, 0.5) is 0 Å². The van der Waals surface area contributed by atoms with Crippen molar-refractivity contribution in [2.75, 3.05) is 39.3 Å². The summed E-state index contributed by atoms with van der Waals surface area (Å²) in [6, 6.07) is 17.9. The molecule has 3 rings (SSSR count). The van der Waals surface area contributed by atoms with Gasteiger partial charge in [-0.05, 0) is 29.2 Å². The minimum atomic E-state index is -0.524. The van der Waals surface area contributed by atoms with Crippen LogP contribution in [0, 0.1) is 0 Å². The Kier molecular flexibility index (Phi) is 7.81. The van der Waals surface area contributed by atoms with E-state index in [1.54, 1.807) is 0 Å². The SMILES string of the molecule is CC(C)c1ccc(C(=O)N2CCN(CC(O)COCc3ccccc3)CC2)cc1. The van der Waals surface area contributed by atoms with Crippen LogP contribution in [-0.4, -0.2) is 66.2 Å². The molecular formula is C24H32N2O3. The van der Waals surface area contributed by atoms with Gasteiger partial charge in [0, 0.05) is 38.3 Å². The van der Waals surface area contributed by atoms with Gasteiger partial charge in [-0.3, -0.25) is 9.69 Å². The first-order chi connectivity index (χ1) is 14.0. The molecule has 1 aliphatic rings. The molecule has 2 aromatic rings. The second-order valence-electron chi connectivity index (χ2n) is 8.02. The van der Waals surface area contributed by atoms with Gasteiger partial charge in [0.15, 0.2) is 0 Å². The van der Waals surface area contributed by atoms with Crippen LogP contribution in [0.25, 0.3) is 0 Å². The van der Waals surface area contributed by atoms with Crippen LogP contribution in [-0.2, 0) is 11.3 Å². The molecule has 2 aromatic carbocycles. The van der Waals surface area contributed by atoms with E-state index in [0.29, 0.717) is 38.8 Å². The number of piperazine rings is 1. The smallest absolute Gasteiger partial charge is 0.253 e. The standard InChI is InChI=1S/C24H32N2O3/c1-19(2)21-8-10-22(11-9-21)24(28)26-14-12-25(13-15-26)16-23(27)18-29-17-20-6-4-3-5-7-20/h3-11,19,23,27H,12-18H2,1-2H3. The molecule has 5 heteroatoms. The quantitative estimate of drug-likeness (QED) is 0.745. The molecule has 1 amide bonds. The molecule has 1 saturated heterocycles. The van der Waals surface area contributed by atoms with Crippen LogP contribution in [0.1, 0.15) is 41.3 Å². The Labute approximate surface area is 173 Å². The van der Waals surface area contributed by atoms with E-state index < -0.39 is 6.10 Å². The fraction of sp³-hybridized carbons (Fsp3) is 0.458. The number of hydrogen-bond acceptors (Lipinski definition) is 4. The molecule has 0 radical (unpaired) electrons. The maximum atomic E-state index is 12.7. The fourth-order valence-electron chi connectivity index (χ4n) is 3.56. The number of carbonyl (C=O) groups is 1. The average molecular weight is 397 g/mol. The number of benzene rings is 2. The molecule has 0 spiro atoms. The van der Waals surface area contributed by atoms with Crippen LogP contribution in [0.5, 0.6) is 0 Å². The van der Waals surface area contributed by atoms with Crippen LogP contribution >= 0.6 is 0 Å². The van der Waals surface area contributed by atoms with Gasteiger partial charge >= 0.3 is 0 Å². The van der Waals surface area contributed by atoms with Crippen molar-refractivity contribution >= 4 is 5.91 Å². The van der Waals surface area contributed by atoms with Crippen molar-refractivity contribution in [3.63, 3.8) is 0 Å². The number of amides is 1. The molecule has 0 aliphatic carbocycles. The lowest BCUT2D eigenvalue weighted by molar-refractivity contribution is 0.00206. The van der Waals surface area contributed by atoms with Crippen LogP contribution in [0.3, 0.4) is 0 Å². The van der Waals surface area contributed by atoms with Gasteiger partial charge in [-0.15, -0.1) is 0 Å². The number of carbonyl (C=O) groups excluding carboxylic acids is 1. The Morgan fingerprint density at radius 2 is 1.66 bits per heavy atom. The predicted octanol–water partition coefficient (Wildman–Crippen LogP) is 3.15. The Balaban J connectivity index is 1.38. The number of hydrogen-bond donors (Lipinski definition) is 1. The Morgan fingerprint density at radius 1 is 1.00 bits per heavy atom. The highest BCUT2D eigenvalue weighted by Crippen LogP contribution is 2.16. The largest absolute Gasteiger partial charge is 0.389 e. The zero-order valence-corrected chi connectivity index (χ0v) is 17.5. The summed E-state index contributed by atoms with van der Waals surface area (Å²) in [7, 11) is 0. The van der Waals surface area contributed by atoms with E-state index in [2.05, 4.69) is 18.7 Å². The highest BCUT2D eigenvalue weighted by Gasteiger charge is 2.23. The van der Waals surface area contributed by atoms with Crippen molar-refractivity contribution in [1.82, 2.24) is 9.80 Å². The zero-order valence-electron chi connectivity index (χ0n) is 17.5.